The van der Waals surface area contributed by atoms with Gasteiger partial charge in [0, 0.05) is 16.8 Å². The first-order valence-electron chi connectivity index (χ1n) is 6.56. The molecule has 0 amide bonds. The molecule has 3 nitrogen and oxygen atoms in total. The normalized spacial score (nSPS) is 28.9. The minimum atomic E-state index is 0.217. The molecule has 1 aliphatic heterocycles. The number of hydrogen-bond donors (Lipinski definition) is 1. The molecule has 2 fully saturated rings. The molecule has 0 aromatic carbocycles. The summed E-state index contributed by atoms with van der Waals surface area (Å²) in [6, 6.07) is 0. The third kappa shape index (κ3) is 2.97. The van der Waals surface area contributed by atoms with Crippen molar-refractivity contribution in [2.24, 2.45) is 4.99 Å². The van der Waals surface area contributed by atoms with E-state index in [-0.39, 0.29) is 5.54 Å². The van der Waals surface area contributed by atoms with E-state index >= 15 is 0 Å². The molecule has 1 heterocycles. The molecule has 17 heavy (non-hydrogen) atoms. The summed E-state index contributed by atoms with van der Waals surface area (Å²) in [6.45, 7) is 5.46. The van der Waals surface area contributed by atoms with Crippen LogP contribution in [0.5, 0.6) is 0 Å². The Bertz CT molecular complexity index is 306. The Hall–Kier alpha value is -0.220. The van der Waals surface area contributed by atoms with E-state index in [0.29, 0.717) is 5.54 Å². The summed E-state index contributed by atoms with van der Waals surface area (Å²) in [7, 11) is 4.37. The van der Waals surface area contributed by atoms with Gasteiger partial charge >= 0.3 is 0 Å². The molecule has 1 N–H and O–H groups in total. The highest BCUT2D eigenvalue weighted by Gasteiger charge is 2.39. The molecule has 1 saturated carbocycles. The van der Waals surface area contributed by atoms with Crippen molar-refractivity contribution >= 4 is 16.9 Å². The second kappa shape index (κ2) is 4.81. The highest BCUT2D eigenvalue weighted by Crippen LogP contribution is 2.36. The molecule has 2 aliphatic rings. The minimum Gasteiger partial charge on any atom is -0.360 e. The first kappa shape index (κ1) is 13.2. The monoisotopic (exact) mass is 255 g/mol. The summed E-state index contributed by atoms with van der Waals surface area (Å²) in [5.41, 5.74) is 0.561. The third-order valence-electron chi connectivity index (χ3n) is 4.16. The van der Waals surface area contributed by atoms with Gasteiger partial charge in [-0.25, -0.2) is 0 Å². The number of aliphatic imine (C=N–C) groups is 1. The molecular weight excluding hydrogens is 230 g/mol. The molecule has 0 unspecified atom stereocenters. The lowest BCUT2D eigenvalue weighted by Gasteiger charge is -2.46. The van der Waals surface area contributed by atoms with E-state index in [9.17, 15) is 0 Å². The van der Waals surface area contributed by atoms with Crippen molar-refractivity contribution in [2.75, 3.05) is 26.4 Å². The molecule has 1 saturated heterocycles. The van der Waals surface area contributed by atoms with Crippen LogP contribution in [0.2, 0.25) is 0 Å². The van der Waals surface area contributed by atoms with Gasteiger partial charge in [0.1, 0.15) is 0 Å². The Morgan fingerprint density at radius 1 is 1.29 bits per heavy atom. The molecule has 2 rings (SSSR count). The lowest BCUT2D eigenvalue weighted by Crippen LogP contribution is -2.53. The Labute approximate surface area is 109 Å². The van der Waals surface area contributed by atoms with Gasteiger partial charge in [0.25, 0.3) is 0 Å². The summed E-state index contributed by atoms with van der Waals surface area (Å²) in [5, 5.41) is 4.69. The van der Waals surface area contributed by atoms with Crippen molar-refractivity contribution in [3.05, 3.63) is 0 Å². The number of nitrogens with one attached hydrogen (secondary N) is 1. The maximum absolute atomic E-state index is 4.82. The van der Waals surface area contributed by atoms with Gasteiger partial charge in [0.05, 0.1) is 6.54 Å². The molecule has 1 aliphatic carbocycles. The molecule has 0 atom stereocenters. The third-order valence-corrected chi connectivity index (χ3v) is 5.07. The van der Waals surface area contributed by atoms with Crippen LogP contribution in [0.15, 0.2) is 4.99 Å². The van der Waals surface area contributed by atoms with Gasteiger partial charge in [-0.15, -0.1) is 0 Å². The summed E-state index contributed by atoms with van der Waals surface area (Å²) in [4.78, 5) is 7.18. The Kier molecular flexibility index (Phi) is 3.74. The number of amidine groups is 1. The summed E-state index contributed by atoms with van der Waals surface area (Å²) >= 11 is 1.87. The van der Waals surface area contributed by atoms with Gasteiger partial charge in [-0.1, -0.05) is 11.8 Å². The van der Waals surface area contributed by atoms with E-state index in [4.69, 9.17) is 4.99 Å². The molecule has 0 aromatic heterocycles. The van der Waals surface area contributed by atoms with Crippen LogP contribution in [-0.4, -0.2) is 47.5 Å². The van der Waals surface area contributed by atoms with Gasteiger partial charge in [-0.3, -0.25) is 4.99 Å². The van der Waals surface area contributed by atoms with Crippen molar-refractivity contribution < 1.29 is 0 Å². The van der Waals surface area contributed by atoms with Crippen molar-refractivity contribution in [3.8, 4) is 0 Å². The zero-order valence-electron chi connectivity index (χ0n) is 11.5. The summed E-state index contributed by atoms with van der Waals surface area (Å²) in [6.07, 6.45) is 5.17. The fraction of sp³-hybridized carbons (Fsp3) is 0.923. The average molecular weight is 255 g/mol. The lowest BCUT2D eigenvalue weighted by molar-refractivity contribution is 0.0700. The van der Waals surface area contributed by atoms with Crippen molar-refractivity contribution in [2.45, 2.75) is 50.6 Å². The van der Waals surface area contributed by atoms with Crippen LogP contribution < -0.4 is 5.32 Å². The largest absolute Gasteiger partial charge is 0.360 e. The zero-order chi connectivity index (χ0) is 12.5. The second-order valence-corrected chi connectivity index (χ2v) is 7.28. The van der Waals surface area contributed by atoms with Crippen LogP contribution in [0, 0.1) is 0 Å². The quantitative estimate of drug-likeness (QED) is 0.839. The fourth-order valence-corrected chi connectivity index (χ4v) is 3.74. The fourth-order valence-electron chi connectivity index (χ4n) is 2.43. The van der Waals surface area contributed by atoms with Gasteiger partial charge in [-0.2, -0.15) is 0 Å². The molecule has 0 radical (unpaired) electrons. The summed E-state index contributed by atoms with van der Waals surface area (Å²) in [5.74, 6) is 1.19. The average Bonchev–Trinajstić information content (AvgIpc) is 2.13. The maximum atomic E-state index is 4.82. The van der Waals surface area contributed by atoms with Gasteiger partial charge < -0.3 is 10.2 Å². The van der Waals surface area contributed by atoms with Gasteiger partial charge in [-0.05, 0) is 53.6 Å². The van der Waals surface area contributed by atoms with Crippen LogP contribution in [-0.2, 0) is 0 Å². The molecule has 0 aromatic rings. The van der Waals surface area contributed by atoms with Crippen molar-refractivity contribution in [1.82, 2.24) is 10.2 Å². The first-order valence-corrected chi connectivity index (χ1v) is 7.55. The highest BCUT2D eigenvalue weighted by molar-refractivity contribution is 8.13. The van der Waals surface area contributed by atoms with E-state index in [1.54, 1.807) is 0 Å². The lowest BCUT2D eigenvalue weighted by atomic mass is 9.76. The number of rotatable bonds is 3. The number of likely N-dealkylation sites (N-methyl/N-ethyl adjacent to an activating group) is 1. The van der Waals surface area contributed by atoms with Crippen molar-refractivity contribution in [3.63, 3.8) is 0 Å². The van der Waals surface area contributed by atoms with E-state index in [1.807, 2.05) is 11.8 Å². The standard InChI is InChI=1S/C13H25N3S/c1-12(2)8-9-17-11(15-12)14-10-13(16(3)4)6-5-7-13/h5-10H2,1-4H3,(H,14,15). The number of thioether (sulfide) groups is 1. The van der Waals surface area contributed by atoms with E-state index in [2.05, 4.69) is 38.2 Å². The predicted molar refractivity (Wildman–Crippen MR) is 76.9 cm³/mol. The van der Waals surface area contributed by atoms with E-state index < -0.39 is 0 Å². The Morgan fingerprint density at radius 3 is 2.47 bits per heavy atom. The molecule has 0 spiro atoms. The minimum absolute atomic E-state index is 0.217. The van der Waals surface area contributed by atoms with Crippen LogP contribution in [0.4, 0.5) is 0 Å². The van der Waals surface area contributed by atoms with Crippen LogP contribution >= 0.6 is 11.8 Å². The Morgan fingerprint density at radius 2 is 2.00 bits per heavy atom. The number of nitrogens with zero attached hydrogens (tertiary/aromatic N) is 2. The first-order chi connectivity index (χ1) is 7.94. The van der Waals surface area contributed by atoms with Crippen LogP contribution in [0.25, 0.3) is 0 Å². The highest BCUT2D eigenvalue weighted by atomic mass is 32.2. The van der Waals surface area contributed by atoms with Gasteiger partial charge in [0.2, 0.25) is 0 Å². The molecule has 98 valence electrons. The van der Waals surface area contributed by atoms with E-state index in [0.717, 1.165) is 11.7 Å². The topological polar surface area (TPSA) is 27.6 Å². The van der Waals surface area contributed by atoms with E-state index in [1.165, 1.54) is 31.4 Å². The molecule has 0 bridgehead atoms. The zero-order valence-corrected chi connectivity index (χ0v) is 12.4. The van der Waals surface area contributed by atoms with Crippen LogP contribution in [0.1, 0.15) is 39.5 Å². The van der Waals surface area contributed by atoms with Crippen molar-refractivity contribution in [1.29, 1.82) is 0 Å². The second-order valence-electron chi connectivity index (χ2n) is 6.20. The number of hydrogen-bond acceptors (Lipinski definition) is 3. The Balaban J connectivity index is 1.96. The molecule has 4 heteroatoms. The predicted octanol–water partition coefficient (Wildman–Crippen LogP) is 2.33. The SMILES string of the molecule is CN(C)C1(CN=C2NC(C)(C)CCS2)CCC1. The summed E-state index contributed by atoms with van der Waals surface area (Å²) < 4.78 is 0. The smallest absolute Gasteiger partial charge is 0.157 e. The van der Waals surface area contributed by atoms with Gasteiger partial charge in [0.15, 0.2) is 5.17 Å². The molecular formula is C13H25N3S. The van der Waals surface area contributed by atoms with Crippen LogP contribution in [0.3, 0.4) is 0 Å². The maximum Gasteiger partial charge on any atom is 0.157 e.